The van der Waals surface area contributed by atoms with Crippen molar-refractivity contribution >= 4 is 46.4 Å². The standard InChI is InChI=1S/C20H20Cl2N2O4/c21-16-8-7-15(12-17(16)22)27-11-9-19(25)23-13-3-5-14(6-4-13)24-20(26)18-2-1-10-28-18/h3-8,12,18H,1-2,9-11H2,(H,23,25)(H,24,26). The van der Waals surface area contributed by atoms with Gasteiger partial charge in [0, 0.05) is 24.0 Å². The molecule has 1 unspecified atom stereocenters. The van der Waals surface area contributed by atoms with E-state index in [0.29, 0.717) is 33.8 Å². The number of amides is 2. The topological polar surface area (TPSA) is 76.7 Å². The number of halogens is 2. The first-order chi connectivity index (χ1) is 13.5. The second-order valence-corrected chi connectivity index (χ2v) is 7.11. The Morgan fingerprint density at radius 1 is 1.04 bits per heavy atom. The van der Waals surface area contributed by atoms with Gasteiger partial charge < -0.3 is 20.1 Å². The van der Waals surface area contributed by atoms with Crippen LogP contribution >= 0.6 is 23.2 Å². The van der Waals surface area contributed by atoms with E-state index in [-0.39, 0.29) is 30.9 Å². The third-order valence-electron chi connectivity index (χ3n) is 4.15. The smallest absolute Gasteiger partial charge is 0.253 e. The maximum absolute atomic E-state index is 12.0. The van der Waals surface area contributed by atoms with E-state index in [1.54, 1.807) is 42.5 Å². The van der Waals surface area contributed by atoms with Crippen LogP contribution in [-0.4, -0.2) is 31.1 Å². The molecule has 8 heteroatoms. The number of hydrogen-bond acceptors (Lipinski definition) is 4. The minimum atomic E-state index is -0.380. The summed E-state index contributed by atoms with van der Waals surface area (Å²) in [4.78, 5) is 24.1. The zero-order chi connectivity index (χ0) is 19.9. The molecule has 0 aliphatic carbocycles. The largest absolute Gasteiger partial charge is 0.493 e. The minimum absolute atomic E-state index is 0.145. The summed E-state index contributed by atoms with van der Waals surface area (Å²) < 4.78 is 10.8. The van der Waals surface area contributed by atoms with E-state index in [4.69, 9.17) is 32.7 Å². The summed E-state index contributed by atoms with van der Waals surface area (Å²) in [6.07, 6.45) is 1.44. The number of carbonyl (C=O) groups is 2. The van der Waals surface area contributed by atoms with E-state index in [2.05, 4.69) is 10.6 Å². The molecule has 1 atom stereocenters. The van der Waals surface area contributed by atoms with Gasteiger partial charge in [0.05, 0.1) is 23.1 Å². The summed E-state index contributed by atoms with van der Waals surface area (Å²) >= 11 is 11.8. The Labute approximate surface area is 173 Å². The van der Waals surface area contributed by atoms with Crippen molar-refractivity contribution in [2.45, 2.75) is 25.4 Å². The molecule has 2 N–H and O–H groups in total. The molecule has 2 aromatic rings. The van der Waals surface area contributed by atoms with Crippen molar-refractivity contribution in [2.75, 3.05) is 23.8 Å². The number of rotatable bonds is 7. The first kappa shape index (κ1) is 20.5. The third kappa shape index (κ3) is 5.86. The molecule has 1 fully saturated rings. The van der Waals surface area contributed by atoms with Crippen LogP contribution < -0.4 is 15.4 Å². The molecule has 1 aliphatic rings. The lowest BCUT2D eigenvalue weighted by Crippen LogP contribution is -2.26. The van der Waals surface area contributed by atoms with Gasteiger partial charge in [-0.25, -0.2) is 0 Å². The highest BCUT2D eigenvalue weighted by atomic mass is 35.5. The predicted octanol–water partition coefficient (Wildman–Crippen LogP) is 4.52. The molecular weight excluding hydrogens is 403 g/mol. The monoisotopic (exact) mass is 422 g/mol. The molecule has 1 aliphatic heterocycles. The molecule has 148 valence electrons. The van der Waals surface area contributed by atoms with Crippen LogP contribution in [0.2, 0.25) is 10.0 Å². The number of benzene rings is 2. The van der Waals surface area contributed by atoms with E-state index in [9.17, 15) is 9.59 Å². The fourth-order valence-electron chi connectivity index (χ4n) is 2.70. The first-order valence-electron chi connectivity index (χ1n) is 8.91. The van der Waals surface area contributed by atoms with Gasteiger partial charge in [-0.3, -0.25) is 9.59 Å². The van der Waals surface area contributed by atoms with Gasteiger partial charge in [-0.05, 0) is 49.2 Å². The Morgan fingerprint density at radius 2 is 1.75 bits per heavy atom. The van der Waals surface area contributed by atoms with Crippen LogP contribution in [0.15, 0.2) is 42.5 Å². The van der Waals surface area contributed by atoms with E-state index in [1.807, 2.05) is 0 Å². The Morgan fingerprint density at radius 3 is 2.39 bits per heavy atom. The lowest BCUT2D eigenvalue weighted by Gasteiger charge is -2.11. The lowest BCUT2D eigenvalue weighted by atomic mass is 10.2. The molecule has 0 radical (unpaired) electrons. The molecule has 0 bridgehead atoms. The Bertz CT molecular complexity index is 837. The van der Waals surface area contributed by atoms with Crippen LogP contribution in [-0.2, 0) is 14.3 Å². The van der Waals surface area contributed by atoms with Crippen LogP contribution in [0.25, 0.3) is 0 Å². The summed E-state index contributed by atoms with van der Waals surface area (Å²) in [5.41, 5.74) is 1.29. The Kier molecular flexibility index (Phi) is 7.14. The number of carbonyl (C=O) groups excluding carboxylic acids is 2. The van der Waals surface area contributed by atoms with Crippen molar-refractivity contribution in [3.63, 3.8) is 0 Å². The van der Waals surface area contributed by atoms with Gasteiger partial charge in [0.1, 0.15) is 11.9 Å². The van der Waals surface area contributed by atoms with Crippen LogP contribution in [0.5, 0.6) is 5.75 Å². The van der Waals surface area contributed by atoms with Crippen molar-refractivity contribution in [3.05, 3.63) is 52.5 Å². The van der Waals surface area contributed by atoms with E-state index in [1.165, 1.54) is 0 Å². The van der Waals surface area contributed by atoms with Crippen molar-refractivity contribution in [1.29, 1.82) is 0 Å². The second kappa shape index (κ2) is 9.78. The maximum atomic E-state index is 12.0. The first-order valence-corrected chi connectivity index (χ1v) is 9.67. The van der Waals surface area contributed by atoms with Gasteiger partial charge in [0.25, 0.3) is 5.91 Å². The molecule has 28 heavy (non-hydrogen) atoms. The highest BCUT2D eigenvalue weighted by molar-refractivity contribution is 6.42. The van der Waals surface area contributed by atoms with Crippen molar-refractivity contribution < 1.29 is 19.1 Å². The van der Waals surface area contributed by atoms with Crippen LogP contribution in [0.4, 0.5) is 11.4 Å². The van der Waals surface area contributed by atoms with Gasteiger partial charge in [0.15, 0.2) is 0 Å². The zero-order valence-electron chi connectivity index (χ0n) is 15.0. The molecular formula is C20H20Cl2N2O4. The maximum Gasteiger partial charge on any atom is 0.253 e. The minimum Gasteiger partial charge on any atom is -0.493 e. The predicted molar refractivity (Wildman–Crippen MR) is 109 cm³/mol. The molecule has 0 spiro atoms. The number of nitrogens with one attached hydrogen (secondary N) is 2. The number of ether oxygens (including phenoxy) is 2. The van der Waals surface area contributed by atoms with Gasteiger partial charge in [-0.15, -0.1) is 0 Å². The van der Waals surface area contributed by atoms with Gasteiger partial charge >= 0.3 is 0 Å². The van der Waals surface area contributed by atoms with Gasteiger partial charge in [-0.2, -0.15) is 0 Å². The average Bonchev–Trinajstić information content (AvgIpc) is 3.21. The van der Waals surface area contributed by atoms with Crippen LogP contribution in [0.3, 0.4) is 0 Å². The SMILES string of the molecule is O=C(CCOc1ccc(Cl)c(Cl)c1)Nc1ccc(NC(=O)C2CCCO2)cc1. The molecule has 6 nitrogen and oxygen atoms in total. The summed E-state index contributed by atoms with van der Waals surface area (Å²) in [5, 5.41) is 6.43. The number of anilines is 2. The van der Waals surface area contributed by atoms with Crippen molar-refractivity contribution in [1.82, 2.24) is 0 Å². The van der Waals surface area contributed by atoms with E-state index < -0.39 is 0 Å². The molecule has 2 aromatic carbocycles. The fraction of sp³-hybridized carbons (Fsp3) is 0.300. The summed E-state index contributed by atoms with van der Waals surface area (Å²) in [6.45, 7) is 0.831. The quantitative estimate of drug-likeness (QED) is 0.687. The van der Waals surface area contributed by atoms with Gasteiger partial charge in [0.2, 0.25) is 5.91 Å². The van der Waals surface area contributed by atoms with Crippen LogP contribution in [0, 0.1) is 0 Å². The Balaban J connectivity index is 1.42. The molecule has 2 amide bonds. The second-order valence-electron chi connectivity index (χ2n) is 6.29. The molecule has 0 aromatic heterocycles. The fourth-order valence-corrected chi connectivity index (χ4v) is 2.98. The molecule has 3 rings (SSSR count). The van der Waals surface area contributed by atoms with Gasteiger partial charge in [-0.1, -0.05) is 23.2 Å². The van der Waals surface area contributed by atoms with E-state index >= 15 is 0 Å². The lowest BCUT2D eigenvalue weighted by molar-refractivity contribution is -0.124. The van der Waals surface area contributed by atoms with E-state index in [0.717, 1.165) is 12.8 Å². The highest BCUT2D eigenvalue weighted by Crippen LogP contribution is 2.26. The van der Waals surface area contributed by atoms with Crippen molar-refractivity contribution in [2.24, 2.45) is 0 Å². The normalized spacial score (nSPS) is 15.9. The summed E-state index contributed by atoms with van der Waals surface area (Å²) in [7, 11) is 0. The van der Waals surface area contributed by atoms with Crippen molar-refractivity contribution in [3.8, 4) is 5.75 Å². The Hall–Kier alpha value is -2.28. The highest BCUT2D eigenvalue weighted by Gasteiger charge is 2.23. The summed E-state index contributed by atoms with van der Waals surface area (Å²) in [5.74, 6) is 0.221. The molecule has 1 heterocycles. The number of hydrogen-bond donors (Lipinski definition) is 2. The molecule has 1 saturated heterocycles. The summed E-state index contributed by atoms with van der Waals surface area (Å²) in [6, 6.07) is 11.8. The zero-order valence-corrected chi connectivity index (χ0v) is 16.6. The third-order valence-corrected chi connectivity index (χ3v) is 4.89. The average molecular weight is 423 g/mol. The molecule has 0 saturated carbocycles. The van der Waals surface area contributed by atoms with Crippen LogP contribution in [0.1, 0.15) is 19.3 Å².